The van der Waals surface area contributed by atoms with Crippen LogP contribution in [0.3, 0.4) is 0 Å². The van der Waals surface area contributed by atoms with Gasteiger partial charge in [0.05, 0.1) is 0 Å². The third-order valence-corrected chi connectivity index (χ3v) is 3.14. The SMILES string of the molecule is CC(=O)[C@H]1C[C@H]1c1ccc(Br)cc1. The lowest BCUT2D eigenvalue weighted by Gasteiger charge is -1.98. The topological polar surface area (TPSA) is 17.1 Å². The molecule has 0 aromatic heterocycles. The summed E-state index contributed by atoms with van der Waals surface area (Å²) in [5.41, 5.74) is 1.29. The summed E-state index contributed by atoms with van der Waals surface area (Å²) in [5, 5.41) is 0. The predicted molar refractivity (Wildman–Crippen MR) is 55.7 cm³/mol. The highest BCUT2D eigenvalue weighted by Crippen LogP contribution is 2.47. The fraction of sp³-hybridized carbons (Fsp3) is 0.364. The quantitative estimate of drug-likeness (QED) is 0.774. The molecule has 0 radical (unpaired) electrons. The molecule has 1 aliphatic carbocycles. The Bertz CT molecular complexity index is 328. The second-order valence-electron chi connectivity index (χ2n) is 3.61. The number of hydrogen-bond donors (Lipinski definition) is 0. The molecule has 0 unspecified atom stereocenters. The van der Waals surface area contributed by atoms with Crippen LogP contribution < -0.4 is 0 Å². The van der Waals surface area contributed by atoms with Crippen LogP contribution in [0.5, 0.6) is 0 Å². The number of benzene rings is 1. The number of hydrogen-bond acceptors (Lipinski definition) is 1. The lowest BCUT2D eigenvalue weighted by molar-refractivity contribution is -0.118. The first-order valence-corrected chi connectivity index (χ1v) is 5.23. The number of halogens is 1. The molecule has 2 atom stereocenters. The molecule has 1 aromatic rings. The zero-order valence-corrected chi connectivity index (χ0v) is 9.04. The van der Waals surface area contributed by atoms with Gasteiger partial charge in [-0.25, -0.2) is 0 Å². The summed E-state index contributed by atoms with van der Waals surface area (Å²) in [6, 6.07) is 8.26. The molecule has 1 saturated carbocycles. The molecule has 0 heterocycles. The van der Waals surface area contributed by atoms with E-state index in [4.69, 9.17) is 0 Å². The Morgan fingerprint density at radius 3 is 2.46 bits per heavy atom. The van der Waals surface area contributed by atoms with Crippen molar-refractivity contribution in [1.29, 1.82) is 0 Å². The van der Waals surface area contributed by atoms with Gasteiger partial charge in [0.15, 0.2) is 0 Å². The summed E-state index contributed by atoms with van der Waals surface area (Å²) in [5.74, 6) is 1.11. The van der Waals surface area contributed by atoms with Gasteiger partial charge in [0.2, 0.25) is 0 Å². The van der Waals surface area contributed by atoms with Crippen molar-refractivity contribution >= 4 is 21.7 Å². The molecule has 1 aromatic carbocycles. The summed E-state index contributed by atoms with van der Waals surface area (Å²) in [6.45, 7) is 1.68. The lowest BCUT2D eigenvalue weighted by atomic mass is 10.1. The lowest BCUT2D eigenvalue weighted by Crippen LogP contribution is -1.94. The third kappa shape index (κ3) is 1.83. The number of carbonyl (C=O) groups excluding carboxylic acids is 1. The average molecular weight is 239 g/mol. The molecule has 2 heteroatoms. The van der Waals surface area contributed by atoms with Gasteiger partial charge in [-0.1, -0.05) is 28.1 Å². The minimum absolute atomic E-state index is 0.293. The number of Topliss-reactive ketones (excluding diaryl/α,β-unsaturated/α-hetero) is 1. The monoisotopic (exact) mass is 238 g/mol. The van der Waals surface area contributed by atoms with Crippen LogP contribution in [0, 0.1) is 5.92 Å². The molecule has 0 amide bonds. The molecule has 2 rings (SSSR count). The van der Waals surface area contributed by atoms with Crippen LogP contribution in [0.15, 0.2) is 28.7 Å². The normalized spacial score (nSPS) is 25.7. The summed E-state index contributed by atoms with van der Waals surface area (Å²) in [4.78, 5) is 11.0. The Labute approximate surface area is 86.3 Å². The van der Waals surface area contributed by atoms with E-state index in [1.807, 2.05) is 12.1 Å². The van der Waals surface area contributed by atoms with E-state index >= 15 is 0 Å². The third-order valence-electron chi connectivity index (χ3n) is 2.61. The first-order valence-electron chi connectivity index (χ1n) is 4.44. The zero-order valence-electron chi connectivity index (χ0n) is 7.46. The van der Waals surface area contributed by atoms with Crippen molar-refractivity contribution < 1.29 is 4.79 Å². The van der Waals surface area contributed by atoms with Crippen LogP contribution >= 0.6 is 15.9 Å². The summed E-state index contributed by atoms with van der Waals surface area (Å²) in [7, 11) is 0. The number of ketones is 1. The molecule has 1 aliphatic rings. The average Bonchev–Trinajstić information content (AvgIpc) is 2.85. The molecule has 0 spiro atoms. The van der Waals surface area contributed by atoms with Crippen molar-refractivity contribution in [1.82, 2.24) is 0 Å². The van der Waals surface area contributed by atoms with Crippen molar-refractivity contribution in [2.75, 3.05) is 0 Å². The van der Waals surface area contributed by atoms with Crippen LogP contribution in [0.4, 0.5) is 0 Å². The van der Waals surface area contributed by atoms with Crippen molar-refractivity contribution in [2.24, 2.45) is 5.92 Å². The molecule has 1 fully saturated rings. The molecule has 0 N–H and O–H groups in total. The van der Waals surface area contributed by atoms with Gasteiger partial charge in [0.1, 0.15) is 5.78 Å². The Morgan fingerprint density at radius 2 is 2.00 bits per heavy atom. The van der Waals surface area contributed by atoms with Crippen LogP contribution in [-0.4, -0.2) is 5.78 Å². The minimum atomic E-state index is 0.293. The molecule has 0 aliphatic heterocycles. The van der Waals surface area contributed by atoms with E-state index in [9.17, 15) is 4.79 Å². The van der Waals surface area contributed by atoms with Gasteiger partial charge in [-0.3, -0.25) is 4.79 Å². The van der Waals surface area contributed by atoms with E-state index in [1.165, 1.54) is 5.56 Å². The molecular weight excluding hydrogens is 228 g/mol. The second kappa shape index (κ2) is 3.26. The highest BCUT2D eigenvalue weighted by molar-refractivity contribution is 9.10. The zero-order chi connectivity index (χ0) is 9.42. The Kier molecular flexibility index (Phi) is 2.24. The van der Waals surface area contributed by atoms with Crippen LogP contribution in [0.2, 0.25) is 0 Å². The fourth-order valence-electron chi connectivity index (χ4n) is 1.72. The molecular formula is C11H11BrO. The number of rotatable bonds is 2. The highest BCUT2D eigenvalue weighted by atomic mass is 79.9. The van der Waals surface area contributed by atoms with Crippen LogP contribution in [-0.2, 0) is 4.79 Å². The molecule has 13 heavy (non-hydrogen) atoms. The maximum atomic E-state index is 11.0. The molecule has 0 saturated heterocycles. The van der Waals surface area contributed by atoms with Gasteiger partial charge in [0.25, 0.3) is 0 Å². The van der Waals surface area contributed by atoms with Crippen molar-refractivity contribution in [3.05, 3.63) is 34.3 Å². The van der Waals surface area contributed by atoms with E-state index in [-0.39, 0.29) is 0 Å². The fourth-order valence-corrected chi connectivity index (χ4v) is 1.99. The maximum absolute atomic E-state index is 11.0. The van der Waals surface area contributed by atoms with E-state index in [1.54, 1.807) is 6.92 Å². The van der Waals surface area contributed by atoms with E-state index < -0.39 is 0 Å². The van der Waals surface area contributed by atoms with Gasteiger partial charge >= 0.3 is 0 Å². The molecule has 1 nitrogen and oxygen atoms in total. The van der Waals surface area contributed by atoms with Crippen LogP contribution in [0.1, 0.15) is 24.8 Å². The van der Waals surface area contributed by atoms with Crippen LogP contribution in [0.25, 0.3) is 0 Å². The van der Waals surface area contributed by atoms with Crippen molar-refractivity contribution in [3.8, 4) is 0 Å². The predicted octanol–water partition coefficient (Wildman–Crippen LogP) is 3.14. The number of carbonyl (C=O) groups is 1. The van der Waals surface area contributed by atoms with Gasteiger partial charge in [-0.15, -0.1) is 0 Å². The smallest absolute Gasteiger partial charge is 0.133 e. The van der Waals surface area contributed by atoms with Gasteiger partial charge < -0.3 is 0 Å². The summed E-state index contributed by atoms with van der Waals surface area (Å²) in [6.07, 6.45) is 1.04. The largest absolute Gasteiger partial charge is 0.300 e. The van der Waals surface area contributed by atoms with Crippen molar-refractivity contribution in [3.63, 3.8) is 0 Å². The Morgan fingerprint density at radius 1 is 1.38 bits per heavy atom. The molecule has 0 bridgehead atoms. The van der Waals surface area contributed by atoms with Gasteiger partial charge in [0, 0.05) is 10.4 Å². The van der Waals surface area contributed by atoms with E-state index in [2.05, 4.69) is 28.1 Å². The Hall–Kier alpha value is -0.630. The van der Waals surface area contributed by atoms with E-state index in [0.717, 1.165) is 10.9 Å². The first kappa shape index (κ1) is 8.95. The highest BCUT2D eigenvalue weighted by Gasteiger charge is 2.41. The maximum Gasteiger partial charge on any atom is 0.133 e. The second-order valence-corrected chi connectivity index (χ2v) is 4.53. The van der Waals surface area contributed by atoms with Crippen molar-refractivity contribution in [2.45, 2.75) is 19.3 Å². The summed E-state index contributed by atoms with van der Waals surface area (Å²) >= 11 is 3.39. The minimum Gasteiger partial charge on any atom is -0.300 e. The Balaban J connectivity index is 2.12. The van der Waals surface area contributed by atoms with Gasteiger partial charge in [-0.05, 0) is 37.0 Å². The van der Waals surface area contributed by atoms with E-state index in [0.29, 0.717) is 17.6 Å². The van der Waals surface area contributed by atoms with Gasteiger partial charge in [-0.2, -0.15) is 0 Å². The first-order chi connectivity index (χ1) is 6.18. The standard InChI is InChI=1S/C11H11BrO/c1-7(13)10-6-11(10)8-2-4-9(12)5-3-8/h2-5,10-11H,6H2,1H3/t10-,11+/m1/s1. The summed E-state index contributed by atoms with van der Waals surface area (Å²) < 4.78 is 1.09. The molecule has 68 valence electrons.